The van der Waals surface area contributed by atoms with Gasteiger partial charge in [-0.05, 0) is 43.2 Å². The van der Waals surface area contributed by atoms with Gasteiger partial charge in [0.2, 0.25) is 0 Å². The minimum absolute atomic E-state index is 0.107. The summed E-state index contributed by atoms with van der Waals surface area (Å²) in [5.41, 5.74) is 1.44. The van der Waals surface area contributed by atoms with Crippen LogP contribution in [-0.2, 0) is 16.0 Å². The summed E-state index contributed by atoms with van der Waals surface area (Å²) in [6, 6.07) is 15.8. The average molecular weight is 398 g/mol. The van der Waals surface area contributed by atoms with Gasteiger partial charge in [-0.2, -0.15) is 5.26 Å². The van der Waals surface area contributed by atoms with E-state index in [0.717, 1.165) is 5.56 Å². The zero-order valence-corrected chi connectivity index (χ0v) is 16.1. The lowest BCUT2D eigenvalue weighted by molar-refractivity contribution is -0.112. The molecule has 144 valence electrons. The van der Waals surface area contributed by atoms with E-state index >= 15 is 0 Å². The lowest BCUT2D eigenvalue weighted by atomic mass is 10.1. The van der Waals surface area contributed by atoms with E-state index < -0.39 is 11.9 Å². The van der Waals surface area contributed by atoms with E-state index in [4.69, 9.17) is 16.3 Å². The molecule has 7 heteroatoms. The number of halogens is 1. The lowest BCUT2D eigenvalue weighted by Crippen LogP contribution is -2.19. The molecule has 0 aliphatic rings. The summed E-state index contributed by atoms with van der Waals surface area (Å²) in [4.78, 5) is 24.4. The Hall–Kier alpha value is -3.30. The molecule has 6 nitrogen and oxygen atoms in total. The van der Waals surface area contributed by atoms with Crippen LogP contribution in [-0.4, -0.2) is 25.0 Å². The molecule has 0 radical (unpaired) electrons. The maximum absolute atomic E-state index is 12.4. The zero-order valence-electron chi connectivity index (χ0n) is 15.4. The van der Waals surface area contributed by atoms with Crippen LogP contribution < -0.4 is 10.6 Å². The van der Waals surface area contributed by atoms with E-state index in [-0.39, 0.29) is 23.4 Å². The molecular formula is C21H20ClN3O3. The second kappa shape index (κ2) is 10.8. The van der Waals surface area contributed by atoms with Crippen LogP contribution >= 0.6 is 11.6 Å². The highest BCUT2D eigenvalue weighted by molar-refractivity contribution is 6.30. The number of nitrogens with zero attached hydrogens (tertiary/aromatic N) is 1. The first-order valence-electron chi connectivity index (χ1n) is 8.70. The number of nitriles is 1. The highest BCUT2D eigenvalue weighted by Gasteiger charge is 2.16. The molecule has 0 aromatic heterocycles. The highest BCUT2D eigenvalue weighted by Crippen LogP contribution is 2.17. The van der Waals surface area contributed by atoms with Crippen LogP contribution in [0, 0.1) is 11.3 Å². The third-order valence-corrected chi connectivity index (χ3v) is 3.96. The second-order valence-corrected chi connectivity index (χ2v) is 6.16. The first-order valence-corrected chi connectivity index (χ1v) is 9.08. The monoisotopic (exact) mass is 397 g/mol. The number of amides is 1. The number of carbonyl (C=O) groups excluding carboxylic acids is 2. The number of esters is 1. The van der Waals surface area contributed by atoms with E-state index in [0.29, 0.717) is 18.0 Å². The van der Waals surface area contributed by atoms with Gasteiger partial charge in [-0.1, -0.05) is 35.9 Å². The third kappa shape index (κ3) is 6.15. The number of para-hydroxylation sites is 1. The van der Waals surface area contributed by atoms with Gasteiger partial charge >= 0.3 is 5.97 Å². The quantitative estimate of drug-likeness (QED) is 0.307. The fourth-order valence-corrected chi connectivity index (χ4v) is 2.61. The molecule has 0 heterocycles. The fraction of sp³-hybridized carbons (Fsp3) is 0.190. The SMILES string of the molecule is CCOC(=O)c1ccccc1NC(=O)/C(C#N)=C\NCCc1cccc(Cl)c1. The van der Waals surface area contributed by atoms with E-state index in [1.54, 1.807) is 37.3 Å². The van der Waals surface area contributed by atoms with Crippen molar-refractivity contribution in [2.24, 2.45) is 0 Å². The highest BCUT2D eigenvalue weighted by atomic mass is 35.5. The van der Waals surface area contributed by atoms with Crippen LogP contribution in [0.5, 0.6) is 0 Å². The number of hydrogen-bond acceptors (Lipinski definition) is 5. The van der Waals surface area contributed by atoms with Gasteiger partial charge in [0.15, 0.2) is 0 Å². The molecule has 0 unspecified atom stereocenters. The van der Waals surface area contributed by atoms with Crippen LogP contribution in [0.4, 0.5) is 5.69 Å². The van der Waals surface area contributed by atoms with Crippen molar-refractivity contribution in [2.75, 3.05) is 18.5 Å². The van der Waals surface area contributed by atoms with Crippen molar-refractivity contribution in [3.05, 3.63) is 76.5 Å². The molecule has 0 spiro atoms. The number of nitrogens with one attached hydrogen (secondary N) is 2. The molecule has 0 aliphatic carbocycles. The summed E-state index contributed by atoms with van der Waals surface area (Å²) >= 11 is 5.94. The Kier molecular flexibility index (Phi) is 8.07. The van der Waals surface area contributed by atoms with Crippen molar-refractivity contribution < 1.29 is 14.3 Å². The molecule has 0 atom stereocenters. The summed E-state index contributed by atoms with van der Waals surface area (Å²) in [7, 11) is 0. The molecule has 0 fully saturated rings. The summed E-state index contributed by atoms with van der Waals surface area (Å²) in [5, 5.41) is 15.4. The molecule has 28 heavy (non-hydrogen) atoms. The van der Waals surface area contributed by atoms with Gasteiger partial charge in [-0.3, -0.25) is 4.79 Å². The largest absolute Gasteiger partial charge is 0.462 e. The van der Waals surface area contributed by atoms with Crippen molar-refractivity contribution in [2.45, 2.75) is 13.3 Å². The number of benzene rings is 2. The number of hydrogen-bond donors (Lipinski definition) is 2. The van der Waals surface area contributed by atoms with Crippen molar-refractivity contribution in [1.29, 1.82) is 5.26 Å². The normalized spacial score (nSPS) is 10.7. The summed E-state index contributed by atoms with van der Waals surface area (Å²) < 4.78 is 4.98. The van der Waals surface area contributed by atoms with Crippen LogP contribution in [0.3, 0.4) is 0 Å². The molecule has 0 bridgehead atoms. The van der Waals surface area contributed by atoms with Gasteiger partial charge in [-0.15, -0.1) is 0 Å². The Morgan fingerprint density at radius 3 is 2.71 bits per heavy atom. The van der Waals surface area contributed by atoms with E-state index in [1.807, 2.05) is 24.3 Å². The second-order valence-electron chi connectivity index (χ2n) is 5.72. The van der Waals surface area contributed by atoms with Crippen LogP contribution in [0.15, 0.2) is 60.3 Å². The predicted molar refractivity (Wildman–Crippen MR) is 108 cm³/mol. The number of rotatable bonds is 8. The van der Waals surface area contributed by atoms with Crippen molar-refractivity contribution >= 4 is 29.2 Å². The van der Waals surface area contributed by atoms with E-state index in [9.17, 15) is 14.9 Å². The van der Waals surface area contributed by atoms with Crippen molar-refractivity contribution in [1.82, 2.24) is 5.32 Å². The maximum Gasteiger partial charge on any atom is 0.340 e. The standard InChI is InChI=1S/C21H20ClN3O3/c1-2-28-21(27)18-8-3-4-9-19(18)25-20(26)16(13-23)14-24-11-10-15-6-5-7-17(22)12-15/h3-9,12,14,24H,2,10-11H2,1H3,(H,25,26)/b16-14-. The van der Waals surface area contributed by atoms with Gasteiger partial charge in [0.1, 0.15) is 11.6 Å². The molecule has 2 N–H and O–H groups in total. The smallest absolute Gasteiger partial charge is 0.340 e. The summed E-state index contributed by atoms with van der Waals surface area (Å²) in [6.07, 6.45) is 2.04. The molecule has 0 saturated heterocycles. The van der Waals surface area contributed by atoms with Gasteiger partial charge < -0.3 is 15.4 Å². The molecular weight excluding hydrogens is 378 g/mol. The van der Waals surface area contributed by atoms with Gasteiger partial charge in [0.05, 0.1) is 17.9 Å². The Morgan fingerprint density at radius 1 is 1.21 bits per heavy atom. The van der Waals surface area contributed by atoms with Crippen molar-refractivity contribution in [3.63, 3.8) is 0 Å². The summed E-state index contributed by atoms with van der Waals surface area (Å²) in [5.74, 6) is -1.16. The molecule has 1 amide bonds. The molecule has 0 aliphatic heterocycles. The van der Waals surface area contributed by atoms with Crippen LogP contribution in [0.25, 0.3) is 0 Å². The lowest BCUT2D eigenvalue weighted by Gasteiger charge is -2.10. The van der Waals surface area contributed by atoms with E-state index in [1.165, 1.54) is 6.20 Å². The minimum Gasteiger partial charge on any atom is -0.462 e. The first-order chi connectivity index (χ1) is 13.5. The maximum atomic E-state index is 12.4. The van der Waals surface area contributed by atoms with Crippen molar-refractivity contribution in [3.8, 4) is 6.07 Å². The molecule has 2 aromatic carbocycles. The van der Waals surface area contributed by atoms with Gasteiger partial charge in [0.25, 0.3) is 5.91 Å². The molecule has 2 aromatic rings. The average Bonchev–Trinajstić information content (AvgIpc) is 2.68. The van der Waals surface area contributed by atoms with Gasteiger partial charge in [-0.25, -0.2) is 4.79 Å². The fourth-order valence-electron chi connectivity index (χ4n) is 2.40. The van der Waals surface area contributed by atoms with Gasteiger partial charge in [0, 0.05) is 17.8 Å². The van der Waals surface area contributed by atoms with E-state index in [2.05, 4.69) is 10.6 Å². The Morgan fingerprint density at radius 2 is 2.00 bits per heavy atom. The number of anilines is 1. The molecule has 0 saturated carbocycles. The number of ether oxygens (including phenoxy) is 1. The summed E-state index contributed by atoms with van der Waals surface area (Å²) in [6.45, 7) is 2.45. The van der Waals surface area contributed by atoms with Crippen LogP contribution in [0.1, 0.15) is 22.8 Å². The predicted octanol–water partition coefficient (Wildman–Crippen LogP) is 3.69. The topological polar surface area (TPSA) is 91.2 Å². The first kappa shape index (κ1) is 21.0. The number of carbonyl (C=O) groups is 2. The Labute approximate surface area is 168 Å². The van der Waals surface area contributed by atoms with Crippen LogP contribution in [0.2, 0.25) is 5.02 Å². The third-order valence-electron chi connectivity index (χ3n) is 3.73. The Bertz CT molecular complexity index is 919. The minimum atomic E-state index is -0.616. The molecule has 2 rings (SSSR count). The Balaban J connectivity index is 1.99. The zero-order chi connectivity index (χ0) is 20.4.